The number of carbonyl (C=O) groups is 3. The van der Waals surface area contributed by atoms with Gasteiger partial charge in [0.1, 0.15) is 5.54 Å². The zero-order chi connectivity index (χ0) is 24.2. The lowest BCUT2D eigenvalue weighted by Crippen LogP contribution is -2.57. The number of hydrogen-bond acceptors (Lipinski definition) is 6. The van der Waals surface area contributed by atoms with Crippen molar-refractivity contribution in [3.05, 3.63) is 28.2 Å². The highest BCUT2D eigenvalue weighted by Crippen LogP contribution is 2.29. The topological polar surface area (TPSA) is 100 Å². The second kappa shape index (κ2) is 10.9. The molecular weight excluding hydrogens is 471 g/mol. The summed E-state index contributed by atoms with van der Waals surface area (Å²) in [6.07, 6.45) is 0.134. The first-order chi connectivity index (χ1) is 15.6. The van der Waals surface area contributed by atoms with Crippen molar-refractivity contribution in [1.82, 2.24) is 15.5 Å². The summed E-state index contributed by atoms with van der Waals surface area (Å²) in [5, 5.41) is 6.04. The van der Waals surface area contributed by atoms with Gasteiger partial charge in [-0.3, -0.25) is 14.9 Å². The number of imide groups is 1. The molecule has 0 aromatic heterocycles. The highest BCUT2D eigenvalue weighted by Gasteiger charge is 2.48. The molecule has 2 fully saturated rings. The third-order valence-corrected chi connectivity index (χ3v) is 6.43. The van der Waals surface area contributed by atoms with Gasteiger partial charge >= 0.3 is 6.03 Å². The Bertz CT molecular complexity index is 881. The largest absolute Gasteiger partial charge is 0.382 e. The maximum Gasteiger partial charge on any atom is 0.322 e. The van der Waals surface area contributed by atoms with Gasteiger partial charge < -0.3 is 24.6 Å². The predicted molar refractivity (Wildman–Crippen MR) is 126 cm³/mol. The van der Waals surface area contributed by atoms with E-state index < -0.39 is 23.4 Å². The number of piperazine rings is 1. The molecule has 3 atom stereocenters. The number of urea groups is 1. The average molecular weight is 501 g/mol. The van der Waals surface area contributed by atoms with Gasteiger partial charge in [0, 0.05) is 54.4 Å². The summed E-state index contributed by atoms with van der Waals surface area (Å²) in [4.78, 5) is 41.6. The molecule has 2 saturated heterocycles. The normalized spacial score (nSPS) is 24.0. The highest BCUT2D eigenvalue weighted by molar-refractivity contribution is 6.35. The maximum atomic E-state index is 13.2. The number of halogens is 2. The molecule has 182 valence electrons. The van der Waals surface area contributed by atoms with Crippen LogP contribution >= 0.6 is 23.2 Å². The highest BCUT2D eigenvalue weighted by atomic mass is 35.5. The van der Waals surface area contributed by atoms with Gasteiger partial charge in [-0.05, 0) is 31.5 Å². The molecule has 3 rings (SSSR count). The predicted octanol–water partition coefficient (Wildman–Crippen LogP) is 2.30. The number of anilines is 1. The number of benzene rings is 1. The minimum absolute atomic E-state index is 0.0364. The van der Waals surface area contributed by atoms with Crippen LogP contribution in [0.4, 0.5) is 10.5 Å². The molecule has 4 amide bonds. The SMILES string of the molecule is COCCOCC1(CC(C)C(=O)N2CCN(c3cc(Cl)cc(Cl)c3)[C@@H](C)C2)NC(=O)NC1=O. The van der Waals surface area contributed by atoms with Gasteiger partial charge in [0.2, 0.25) is 5.91 Å². The Balaban J connectivity index is 1.64. The monoisotopic (exact) mass is 500 g/mol. The van der Waals surface area contributed by atoms with Crippen LogP contribution in [-0.4, -0.2) is 80.9 Å². The number of amides is 4. The van der Waals surface area contributed by atoms with Gasteiger partial charge in [-0.2, -0.15) is 0 Å². The van der Waals surface area contributed by atoms with Gasteiger partial charge in [-0.15, -0.1) is 0 Å². The minimum Gasteiger partial charge on any atom is -0.382 e. The maximum absolute atomic E-state index is 13.2. The average Bonchev–Trinajstić information content (AvgIpc) is 3.02. The molecule has 0 saturated carbocycles. The van der Waals surface area contributed by atoms with Crippen LogP contribution in [0, 0.1) is 5.92 Å². The number of rotatable bonds is 9. The van der Waals surface area contributed by atoms with Crippen LogP contribution in [0.3, 0.4) is 0 Å². The third kappa shape index (κ3) is 6.09. The molecule has 11 heteroatoms. The van der Waals surface area contributed by atoms with E-state index in [9.17, 15) is 14.4 Å². The Morgan fingerprint density at radius 2 is 1.91 bits per heavy atom. The van der Waals surface area contributed by atoms with Crippen molar-refractivity contribution in [3.8, 4) is 0 Å². The van der Waals surface area contributed by atoms with Crippen LogP contribution in [0.2, 0.25) is 10.0 Å². The molecule has 0 aliphatic carbocycles. The molecule has 0 bridgehead atoms. The Hall–Kier alpha value is -2.07. The molecule has 0 spiro atoms. The lowest BCUT2D eigenvalue weighted by Gasteiger charge is -2.42. The van der Waals surface area contributed by atoms with Crippen LogP contribution in [0.15, 0.2) is 18.2 Å². The number of ether oxygens (including phenoxy) is 2. The molecule has 1 aromatic carbocycles. The van der Waals surface area contributed by atoms with Crippen molar-refractivity contribution in [3.63, 3.8) is 0 Å². The van der Waals surface area contributed by atoms with Gasteiger partial charge in [0.05, 0.1) is 19.8 Å². The number of hydrogen-bond donors (Lipinski definition) is 2. The van der Waals surface area contributed by atoms with E-state index in [-0.39, 0.29) is 31.6 Å². The van der Waals surface area contributed by atoms with Crippen molar-refractivity contribution >= 4 is 46.7 Å². The van der Waals surface area contributed by atoms with Crippen LogP contribution in [0.5, 0.6) is 0 Å². The summed E-state index contributed by atoms with van der Waals surface area (Å²) in [6.45, 7) is 6.07. The molecule has 2 aliphatic rings. The second-order valence-electron chi connectivity index (χ2n) is 8.60. The summed E-state index contributed by atoms with van der Waals surface area (Å²) < 4.78 is 10.5. The molecule has 2 heterocycles. The molecule has 33 heavy (non-hydrogen) atoms. The third-order valence-electron chi connectivity index (χ3n) is 5.99. The van der Waals surface area contributed by atoms with Crippen molar-refractivity contribution in [2.24, 2.45) is 5.92 Å². The first kappa shape index (κ1) is 25.6. The van der Waals surface area contributed by atoms with E-state index in [0.717, 1.165) is 5.69 Å². The first-order valence-electron chi connectivity index (χ1n) is 10.9. The van der Waals surface area contributed by atoms with E-state index in [1.54, 1.807) is 25.0 Å². The van der Waals surface area contributed by atoms with Gasteiger partial charge in [-0.25, -0.2) is 4.79 Å². The smallest absolute Gasteiger partial charge is 0.322 e. The van der Waals surface area contributed by atoms with Gasteiger partial charge in [0.25, 0.3) is 5.91 Å². The fourth-order valence-corrected chi connectivity index (χ4v) is 4.90. The zero-order valence-corrected chi connectivity index (χ0v) is 20.5. The van der Waals surface area contributed by atoms with Crippen molar-refractivity contribution in [1.29, 1.82) is 0 Å². The van der Waals surface area contributed by atoms with E-state index in [1.807, 2.05) is 19.1 Å². The zero-order valence-electron chi connectivity index (χ0n) is 19.0. The molecule has 9 nitrogen and oxygen atoms in total. The number of nitrogens with zero attached hydrogens (tertiary/aromatic N) is 2. The van der Waals surface area contributed by atoms with Crippen LogP contribution in [0.25, 0.3) is 0 Å². The Morgan fingerprint density at radius 3 is 2.48 bits per heavy atom. The lowest BCUT2D eigenvalue weighted by molar-refractivity contribution is -0.137. The molecule has 2 aliphatic heterocycles. The van der Waals surface area contributed by atoms with E-state index in [0.29, 0.717) is 36.3 Å². The van der Waals surface area contributed by atoms with Crippen molar-refractivity contribution < 1.29 is 23.9 Å². The molecule has 1 aromatic rings. The molecule has 2 N–H and O–H groups in total. The fourth-order valence-electron chi connectivity index (χ4n) is 4.39. The van der Waals surface area contributed by atoms with Gasteiger partial charge in [0.15, 0.2) is 0 Å². The molecular formula is C22H30Cl2N4O5. The van der Waals surface area contributed by atoms with Crippen molar-refractivity contribution in [2.45, 2.75) is 31.8 Å². The summed E-state index contributed by atoms with van der Waals surface area (Å²) in [7, 11) is 1.55. The van der Waals surface area contributed by atoms with E-state index in [4.69, 9.17) is 32.7 Å². The van der Waals surface area contributed by atoms with E-state index in [1.165, 1.54) is 0 Å². The molecule has 2 unspecified atom stereocenters. The fraction of sp³-hybridized carbons (Fsp3) is 0.591. The number of carbonyl (C=O) groups excluding carboxylic acids is 3. The standard InChI is InChI=1S/C22H30Cl2N4O5/c1-14(11-22(13-33-7-6-32-3)20(30)25-21(31)26-22)19(29)27-4-5-28(15(2)12-27)18-9-16(23)8-17(24)10-18/h8-10,14-15H,4-7,11-13H2,1-3H3,(H2,25,26,30,31)/t14?,15-,22?/m0/s1. The quantitative estimate of drug-likeness (QED) is 0.398. The van der Waals surface area contributed by atoms with E-state index >= 15 is 0 Å². The van der Waals surface area contributed by atoms with Crippen LogP contribution in [0.1, 0.15) is 20.3 Å². The Labute approximate surface area is 203 Å². The van der Waals surface area contributed by atoms with Crippen molar-refractivity contribution in [2.75, 3.05) is 51.5 Å². The summed E-state index contributed by atoms with van der Waals surface area (Å²) in [6, 6.07) is 4.87. The van der Waals surface area contributed by atoms with Crippen LogP contribution < -0.4 is 15.5 Å². The Kier molecular flexibility index (Phi) is 8.44. The number of nitrogens with one attached hydrogen (secondary N) is 2. The summed E-state index contributed by atoms with van der Waals surface area (Å²) >= 11 is 12.3. The second-order valence-corrected chi connectivity index (χ2v) is 9.47. The summed E-state index contributed by atoms with van der Waals surface area (Å²) in [5.74, 6) is -1.06. The summed E-state index contributed by atoms with van der Waals surface area (Å²) in [5.41, 5.74) is -0.372. The Morgan fingerprint density at radius 1 is 1.21 bits per heavy atom. The minimum atomic E-state index is -1.29. The first-order valence-corrected chi connectivity index (χ1v) is 11.6. The van der Waals surface area contributed by atoms with E-state index in [2.05, 4.69) is 15.5 Å². The van der Waals surface area contributed by atoms with Gasteiger partial charge in [-0.1, -0.05) is 30.1 Å². The lowest BCUT2D eigenvalue weighted by atomic mass is 9.87. The number of methoxy groups -OCH3 is 1. The molecule has 0 radical (unpaired) electrons. The van der Waals surface area contributed by atoms with Crippen LogP contribution in [-0.2, 0) is 19.1 Å².